The van der Waals surface area contributed by atoms with Gasteiger partial charge >= 0.3 is 0 Å². The van der Waals surface area contributed by atoms with Gasteiger partial charge in [0.1, 0.15) is 0 Å². The summed E-state index contributed by atoms with van der Waals surface area (Å²) in [5, 5.41) is 0. The van der Waals surface area contributed by atoms with E-state index < -0.39 is 0 Å². The van der Waals surface area contributed by atoms with Crippen LogP contribution in [-0.2, 0) is 9.53 Å². The van der Waals surface area contributed by atoms with Crippen LogP contribution in [0.4, 0.5) is 5.69 Å². The van der Waals surface area contributed by atoms with E-state index in [-0.39, 0.29) is 5.91 Å². The summed E-state index contributed by atoms with van der Waals surface area (Å²) in [6.07, 6.45) is 2.39. The van der Waals surface area contributed by atoms with Gasteiger partial charge in [0.2, 0.25) is 5.91 Å². The van der Waals surface area contributed by atoms with Crippen LogP contribution in [0, 0.1) is 0 Å². The van der Waals surface area contributed by atoms with Crippen molar-refractivity contribution in [1.82, 2.24) is 4.90 Å². The zero-order chi connectivity index (χ0) is 14.4. The Morgan fingerprint density at radius 1 is 1.30 bits per heavy atom. The van der Waals surface area contributed by atoms with Gasteiger partial charge in [0.15, 0.2) is 0 Å². The van der Waals surface area contributed by atoms with Gasteiger partial charge in [-0.15, -0.1) is 0 Å². The molecule has 20 heavy (non-hydrogen) atoms. The molecule has 1 aliphatic heterocycles. The van der Waals surface area contributed by atoms with Crippen LogP contribution >= 0.6 is 0 Å². The summed E-state index contributed by atoms with van der Waals surface area (Å²) in [4.78, 5) is 16.5. The lowest BCUT2D eigenvalue weighted by molar-refractivity contribution is -0.120. The van der Waals surface area contributed by atoms with E-state index in [9.17, 15) is 4.79 Å². The number of amides is 1. The number of hydrogen-bond donors (Lipinski definition) is 0. The first-order valence-electron chi connectivity index (χ1n) is 7.35. The van der Waals surface area contributed by atoms with Crippen molar-refractivity contribution in [2.75, 3.05) is 38.2 Å². The van der Waals surface area contributed by atoms with E-state index >= 15 is 0 Å². The molecule has 0 aromatic heterocycles. The molecule has 1 saturated heterocycles. The van der Waals surface area contributed by atoms with Crippen LogP contribution in [0.1, 0.15) is 19.8 Å². The first-order chi connectivity index (χ1) is 9.74. The first kappa shape index (κ1) is 15.0. The zero-order valence-electron chi connectivity index (χ0n) is 12.4. The lowest BCUT2D eigenvalue weighted by atomic mass is 10.1. The molecule has 1 amide bonds. The monoisotopic (exact) mass is 276 g/mol. The van der Waals surface area contributed by atoms with Crippen LogP contribution in [0.5, 0.6) is 0 Å². The molecule has 0 bridgehead atoms. The Labute approximate surface area is 121 Å². The quantitative estimate of drug-likeness (QED) is 0.826. The smallest absolute Gasteiger partial charge is 0.241 e. The molecule has 0 saturated carbocycles. The molecule has 0 atom stereocenters. The summed E-state index contributed by atoms with van der Waals surface area (Å²) < 4.78 is 5.36. The molecule has 1 aromatic carbocycles. The average Bonchev–Trinajstić information content (AvgIpc) is 2.50. The fourth-order valence-electron chi connectivity index (χ4n) is 2.69. The lowest BCUT2D eigenvalue weighted by Gasteiger charge is -2.32. The molecule has 4 nitrogen and oxygen atoms in total. The number of para-hydroxylation sites is 1. The lowest BCUT2D eigenvalue weighted by Crippen LogP contribution is -2.44. The Hall–Kier alpha value is -1.39. The van der Waals surface area contributed by atoms with Crippen molar-refractivity contribution in [3.63, 3.8) is 0 Å². The standard InChI is InChI=1S/C16H24N2O2/c1-3-18(14-7-5-4-6-8-14)16(19)13-17-11-9-15(20-2)10-12-17/h4-8,15H,3,9-13H2,1-2H3. The third kappa shape index (κ3) is 3.81. The van der Waals surface area contributed by atoms with Crippen molar-refractivity contribution in [3.05, 3.63) is 30.3 Å². The van der Waals surface area contributed by atoms with E-state index in [4.69, 9.17) is 4.74 Å². The number of methoxy groups -OCH3 is 1. The van der Waals surface area contributed by atoms with Gasteiger partial charge in [-0.1, -0.05) is 18.2 Å². The fraction of sp³-hybridized carbons (Fsp3) is 0.562. The number of rotatable bonds is 5. The van der Waals surface area contributed by atoms with Gasteiger partial charge in [-0.25, -0.2) is 0 Å². The van der Waals surface area contributed by atoms with Gasteiger partial charge in [-0.3, -0.25) is 9.69 Å². The maximum atomic E-state index is 12.4. The van der Waals surface area contributed by atoms with Crippen LogP contribution in [-0.4, -0.2) is 50.2 Å². The molecule has 4 heteroatoms. The molecule has 1 aromatic rings. The molecule has 1 aliphatic rings. The third-order valence-corrected chi connectivity index (χ3v) is 3.91. The number of likely N-dealkylation sites (tertiary alicyclic amines) is 1. The van der Waals surface area contributed by atoms with Crippen molar-refractivity contribution in [1.29, 1.82) is 0 Å². The summed E-state index contributed by atoms with van der Waals surface area (Å²) >= 11 is 0. The first-order valence-corrected chi connectivity index (χ1v) is 7.35. The highest BCUT2D eigenvalue weighted by atomic mass is 16.5. The normalized spacial score (nSPS) is 17.1. The highest BCUT2D eigenvalue weighted by molar-refractivity contribution is 5.94. The molecule has 0 aliphatic carbocycles. The van der Waals surface area contributed by atoms with Gasteiger partial charge < -0.3 is 9.64 Å². The predicted molar refractivity (Wildman–Crippen MR) is 80.9 cm³/mol. The Kier molecular flexibility index (Phi) is 5.56. The van der Waals surface area contributed by atoms with Gasteiger partial charge in [0.05, 0.1) is 12.6 Å². The summed E-state index contributed by atoms with van der Waals surface area (Å²) in [6.45, 7) is 5.10. The Morgan fingerprint density at radius 3 is 2.50 bits per heavy atom. The SMILES string of the molecule is CCN(C(=O)CN1CCC(OC)CC1)c1ccccc1. The summed E-state index contributed by atoms with van der Waals surface area (Å²) in [6, 6.07) is 9.87. The average molecular weight is 276 g/mol. The van der Waals surface area contributed by atoms with Crippen LogP contribution < -0.4 is 4.90 Å². The summed E-state index contributed by atoms with van der Waals surface area (Å²) in [5.41, 5.74) is 0.978. The second kappa shape index (κ2) is 7.41. The third-order valence-electron chi connectivity index (χ3n) is 3.91. The number of likely N-dealkylation sites (N-methyl/N-ethyl adjacent to an activating group) is 1. The molecular formula is C16H24N2O2. The number of anilines is 1. The second-order valence-corrected chi connectivity index (χ2v) is 5.18. The number of carbonyl (C=O) groups excluding carboxylic acids is 1. The number of carbonyl (C=O) groups is 1. The van der Waals surface area contributed by atoms with Crippen LogP contribution in [0.15, 0.2) is 30.3 Å². The minimum atomic E-state index is 0.176. The largest absolute Gasteiger partial charge is 0.381 e. The van der Waals surface area contributed by atoms with E-state index in [1.165, 1.54) is 0 Å². The maximum Gasteiger partial charge on any atom is 0.241 e. The van der Waals surface area contributed by atoms with E-state index in [2.05, 4.69) is 4.90 Å². The number of nitrogens with zero attached hydrogens (tertiary/aromatic N) is 2. The molecule has 1 heterocycles. The molecule has 0 N–H and O–H groups in total. The zero-order valence-corrected chi connectivity index (χ0v) is 12.4. The highest BCUT2D eigenvalue weighted by Crippen LogP contribution is 2.16. The second-order valence-electron chi connectivity index (χ2n) is 5.18. The minimum Gasteiger partial charge on any atom is -0.381 e. The van der Waals surface area contributed by atoms with Gasteiger partial charge in [-0.2, -0.15) is 0 Å². The highest BCUT2D eigenvalue weighted by Gasteiger charge is 2.22. The Bertz CT molecular complexity index is 414. The van der Waals surface area contributed by atoms with Crippen LogP contribution in [0.2, 0.25) is 0 Å². The molecule has 0 unspecified atom stereocenters. The van der Waals surface area contributed by atoms with E-state index in [1.807, 2.05) is 42.2 Å². The van der Waals surface area contributed by atoms with Crippen LogP contribution in [0.25, 0.3) is 0 Å². The molecule has 110 valence electrons. The van der Waals surface area contributed by atoms with Gasteiger partial charge in [-0.05, 0) is 31.9 Å². The van der Waals surface area contributed by atoms with E-state index in [0.717, 1.165) is 31.6 Å². The number of piperidine rings is 1. The molecule has 0 spiro atoms. The summed E-state index contributed by atoms with van der Waals surface area (Å²) in [5.74, 6) is 0.176. The number of hydrogen-bond acceptors (Lipinski definition) is 3. The van der Waals surface area contributed by atoms with Crippen LogP contribution in [0.3, 0.4) is 0 Å². The van der Waals surface area contributed by atoms with Crippen molar-refractivity contribution in [2.45, 2.75) is 25.9 Å². The van der Waals surface area contributed by atoms with E-state index in [0.29, 0.717) is 19.2 Å². The number of ether oxygens (including phenoxy) is 1. The topological polar surface area (TPSA) is 32.8 Å². The Balaban J connectivity index is 1.90. The Morgan fingerprint density at radius 2 is 1.95 bits per heavy atom. The minimum absolute atomic E-state index is 0.176. The summed E-state index contributed by atoms with van der Waals surface area (Å²) in [7, 11) is 1.76. The fourth-order valence-corrected chi connectivity index (χ4v) is 2.69. The van der Waals surface area contributed by atoms with Crippen molar-refractivity contribution < 1.29 is 9.53 Å². The molecular weight excluding hydrogens is 252 g/mol. The van der Waals surface area contributed by atoms with E-state index in [1.54, 1.807) is 7.11 Å². The van der Waals surface area contributed by atoms with Crippen molar-refractivity contribution >= 4 is 11.6 Å². The van der Waals surface area contributed by atoms with Crippen molar-refractivity contribution in [2.24, 2.45) is 0 Å². The van der Waals surface area contributed by atoms with Crippen molar-refractivity contribution in [3.8, 4) is 0 Å². The number of benzene rings is 1. The maximum absolute atomic E-state index is 12.4. The molecule has 2 rings (SSSR count). The van der Waals surface area contributed by atoms with Gasteiger partial charge in [0, 0.05) is 32.4 Å². The molecule has 1 fully saturated rings. The molecule has 0 radical (unpaired) electrons. The predicted octanol–water partition coefficient (Wildman–Crippen LogP) is 2.15. The van der Waals surface area contributed by atoms with Gasteiger partial charge in [0.25, 0.3) is 0 Å².